The Labute approximate surface area is 113 Å². The Morgan fingerprint density at radius 1 is 1.32 bits per heavy atom. The number of fused-ring (bicyclic) bond motifs is 1. The second-order valence-corrected chi connectivity index (χ2v) is 5.00. The molecule has 2 heterocycles. The minimum absolute atomic E-state index is 0.424. The van der Waals surface area contributed by atoms with Crippen molar-refractivity contribution in [2.75, 3.05) is 24.2 Å². The van der Waals surface area contributed by atoms with Gasteiger partial charge in [0.05, 0.1) is 11.6 Å². The highest BCUT2D eigenvalue weighted by molar-refractivity contribution is 5.83. The third-order valence-corrected chi connectivity index (χ3v) is 3.51. The molecule has 1 aromatic carbocycles. The van der Waals surface area contributed by atoms with Crippen LogP contribution in [0.4, 0.5) is 11.5 Å². The van der Waals surface area contributed by atoms with E-state index in [0.29, 0.717) is 6.10 Å². The van der Waals surface area contributed by atoms with Gasteiger partial charge < -0.3 is 15.8 Å². The van der Waals surface area contributed by atoms with Crippen LogP contribution in [0.1, 0.15) is 19.3 Å². The first kappa shape index (κ1) is 12.2. The average Bonchev–Trinajstić information content (AvgIpc) is 2.92. The van der Waals surface area contributed by atoms with Crippen molar-refractivity contribution in [2.24, 2.45) is 0 Å². The van der Waals surface area contributed by atoms with Gasteiger partial charge in [-0.2, -0.15) is 0 Å². The summed E-state index contributed by atoms with van der Waals surface area (Å²) in [6.45, 7) is 1.82. The number of aromatic nitrogens is 1. The number of nitrogens with one attached hydrogen (secondary N) is 1. The highest BCUT2D eigenvalue weighted by Gasteiger charge is 2.14. The zero-order valence-corrected chi connectivity index (χ0v) is 10.9. The number of pyridine rings is 1. The van der Waals surface area contributed by atoms with Crippen LogP contribution in [-0.2, 0) is 4.74 Å². The molecule has 1 unspecified atom stereocenters. The van der Waals surface area contributed by atoms with Crippen LogP contribution in [0.2, 0.25) is 0 Å². The van der Waals surface area contributed by atoms with Crippen LogP contribution in [0.25, 0.3) is 10.9 Å². The van der Waals surface area contributed by atoms with E-state index in [1.54, 1.807) is 0 Å². The highest BCUT2D eigenvalue weighted by atomic mass is 16.5. The molecule has 1 aromatic heterocycles. The lowest BCUT2D eigenvalue weighted by Crippen LogP contribution is -2.12. The van der Waals surface area contributed by atoms with Gasteiger partial charge in [0.15, 0.2) is 0 Å². The van der Waals surface area contributed by atoms with E-state index in [1.165, 1.54) is 12.8 Å². The molecular weight excluding hydrogens is 238 g/mol. The van der Waals surface area contributed by atoms with Gasteiger partial charge in [0.2, 0.25) is 0 Å². The molecule has 0 radical (unpaired) electrons. The van der Waals surface area contributed by atoms with Crippen LogP contribution >= 0.6 is 0 Å². The van der Waals surface area contributed by atoms with E-state index >= 15 is 0 Å². The quantitative estimate of drug-likeness (QED) is 0.827. The number of benzene rings is 1. The fourth-order valence-corrected chi connectivity index (χ4v) is 2.48. The Kier molecular flexibility index (Phi) is 3.51. The second kappa shape index (κ2) is 5.45. The Morgan fingerprint density at radius 3 is 3.11 bits per heavy atom. The standard InChI is InChI=1S/C15H19N3O/c16-12-4-5-14-11(10-12)3-6-15(18-14)17-8-7-13-2-1-9-19-13/h3-6,10,13H,1-2,7-9,16H2,(H,17,18). The number of hydrogen-bond donors (Lipinski definition) is 2. The molecular formula is C15H19N3O. The van der Waals surface area contributed by atoms with Gasteiger partial charge in [-0.1, -0.05) is 0 Å². The van der Waals surface area contributed by atoms with E-state index in [0.717, 1.165) is 42.0 Å². The summed E-state index contributed by atoms with van der Waals surface area (Å²) in [5.74, 6) is 0.912. The first-order valence-corrected chi connectivity index (χ1v) is 6.83. The van der Waals surface area contributed by atoms with E-state index in [9.17, 15) is 0 Å². The van der Waals surface area contributed by atoms with Gasteiger partial charge in [-0.3, -0.25) is 0 Å². The molecule has 19 heavy (non-hydrogen) atoms. The van der Waals surface area contributed by atoms with Crippen LogP contribution in [-0.4, -0.2) is 24.2 Å². The normalized spacial score (nSPS) is 18.8. The van der Waals surface area contributed by atoms with Gasteiger partial charge in [0.1, 0.15) is 5.82 Å². The van der Waals surface area contributed by atoms with Crippen LogP contribution in [0, 0.1) is 0 Å². The maximum atomic E-state index is 5.75. The summed E-state index contributed by atoms with van der Waals surface area (Å²) < 4.78 is 5.60. The lowest BCUT2D eigenvalue weighted by atomic mass is 10.2. The van der Waals surface area contributed by atoms with Gasteiger partial charge in [-0.25, -0.2) is 4.98 Å². The topological polar surface area (TPSA) is 60.2 Å². The summed E-state index contributed by atoms with van der Waals surface area (Å²) in [5, 5.41) is 4.43. The fraction of sp³-hybridized carbons (Fsp3) is 0.400. The number of nitrogens with zero attached hydrogens (tertiary/aromatic N) is 1. The number of hydrogen-bond acceptors (Lipinski definition) is 4. The third kappa shape index (κ3) is 2.96. The molecule has 1 saturated heterocycles. The lowest BCUT2D eigenvalue weighted by Gasteiger charge is -2.11. The van der Waals surface area contributed by atoms with Gasteiger partial charge in [-0.15, -0.1) is 0 Å². The smallest absolute Gasteiger partial charge is 0.126 e. The largest absolute Gasteiger partial charge is 0.399 e. The summed E-state index contributed by atoms with van der Waals surface area (Å²) in [6, 6.07) is 9.82. The second-order valence-electron chi connectivity index (χ2n) is 5.00. The maximum Gasteiger partial charge on any atom is 0.126 e. The average molecular weight is 257 g/mol. The molecule has 0 saturated carbocycles. The number of anilines is 2. The number of nitrogen functional groups attached to an aromatic ring is 1. The first-order chi connectivity index (χ1) is 9.31. The molecule has 0 spiro atoms. The highest BCUT2D eigenvalue weighted by Crippen LogP contribution is 2.19. The minimum Gasteiger partial charge on any atom is -0.399 e. The fourth-order valence-electron chi connectivity index (χ4n) is 2.48. The van der Waals surface area contributed by atoms with E-state index in [2.05, 4.69) is 10.3 Å². The molecule has 0 bridgehead atoms. The van der Waals surface area contributed by atoms with Crippen LogP contribution in [0.15, 0.2) is 30.3 Å². The first-order valence-electron chi connectivity index (χ1n) is 6.83. The minimum atomic E-state index is 0.424. The molecule has 3 N–H and O–H groups in total. The Morgan fingerprint density at radius 2 is 2.26 bits per heavy atom. The molecule has 1 fully saturated rings. The van der Waals surface area contributed by atoms with Crippen molar-refractivity contribution >= 4 is 22.4 Å². The van der Waals surface area contributed by atoms with Crippen molar-refractivity contribution in [1.82, 2.24) is 4.98 Å². The van der Waals surface area contributed by atoms with E-state index in [-0.39, 0.29) is 0 Å². The van der Waals surface area contributed by atoms with Crippen molar-refractivity contribution in [1.29, 1.82) is 0 Å². The zero-order chi connectivity index (χ0) is 13.1. The molecule has 2 aromatic rings. The van der Waals surface area contributed by atoms with Crippen LogP contribution in [0.5, 0.6) is 0 Å². The summed E-state index contributed by atoms with van der Waals surface area (Å²) in [6.07, 6.45) is 3.85. The molecule has 100 valence electrons. The molecule has 1 atom stereocenters. The van der Waals surface area contributed by atoms with Gasteiger partial charge in [0.25, 0.3) is 0 Å². The molecule has 0 aliphatic carbocycles. The Balaban J connectivity index is 1.62. The summed E-state index contributed by atoms with van der Waals surface area (Å²) in [7, 11) is 0. The number of ether oxygens (including phenoxy) is 1. The van der Waals surface area contributed by atoms with Crippen molar-refractivity contribution in [3.8, 4) is 0 Å². The van der Waals surface area contributed by atoms with Gasteiger partial charge >= 0.3 is 0 Å². The molecule has 3 rings (SSSR count). The predicted molar refractivity (Wildman–Crippen MR) is 78.2 cm³/mol. The van der Waals surface area contributed by atoms with Crippen molar-refractivity contribution < 1.29 is 4.74 Å². The van der Waals surface area contributed by atoms with Crippen LogP contribution in [0.3, 0.4) is 0 Å². The van der Waals surface area contributed by atoms with Crippen LogP contribution < -0.4 is 11.1 Å². The lowest BCUT2D eigenvalue weighted by molar-refractivity contribution is 0.107. The van der Waals surface area contributed by atoms with Gasteiger partial charge in [-0.05, 0) is 49.6 Å². The predicted octanol–water partition coefficient (Wildman–Crippen LogP) is 2.80. The van der Waals surface area contributed by atoms with Crippen molar-refractivity contribution in [2.45, 2.75) is 25.4 Å². The Hall–Kier alpha value is -1.81. The monoisotopic (exact) mass is 257 g/mol. The molecule has 0 amide bonds. The summed E-state index contributed by atoms with van der Waals surface area (Å²) in [4.78, 5) is 4.57. The van der Waals surface area contributed by atoms with Crippen molar-refractivity contribution in [3.63, 3.8) is 0 Å². The van der Waals surface area contributed by atoms with E-state index < -0.39 is 0 Å². The maximum absolute atomic E-state index is 5.75. The summed E-state index contributed by atoms with van der Waals surface area (Å²) >= 11 is 0. The zero-order valence-electron chi connectivity index (χ0n) is 10.9. The Bertz CT molecular complexity index is 564. The van der Waals surface area contributed by atoms with Gasteiger partial charge in [0, 0.05) is 24.2 Å². The molecule has 4 nitrogen and oxygen atoms in total. The van der Waals surface area contributed by atoms with Crippen molar-refractivity contribution in [3.05, 3.63) is 30.3 Å². The third-order valence-electron chi connectivity index (χ3n) is 3.51. The van der Waals surface area contributed by atoms with E-state index in [4.69, 9.17) is 10.5 Å². The molecule has 1 aliphatic rings. The van der Waals surface area contributed by atoms with E-state index in [1.807, 2.05) is 30.3 Å². The summed E-state index contributed by atoms with van der Waals surface area (Å²) in [5.41, 5.74) is 7.50. The number of rotatable bonds is 4. The molecule has 1 aliphatic heterocycles. The molecule has 4 heteroatoms. The number of nitrogens with two attached hydrogens (primary N) is 1. The SMILES string of the molecule is Nc1ccc2nc(NCCC3CCCO3)ccc2c1.